The van der Waals surface area contributed by atoms with Crippen molar-refractivity contribution < 1.29 is 9.47 Å². The minimum absolute atomic E-state index is 0.0831. The van der Waals surface area contributed by atoms with E-state index in [1.807, 2.05) is 31.2 Å². The molecule has 1 saturated heterocycles. The molecule has 0 bridgehead atoms. The first-order valence-corrected chi connectivity index (χ1v) is 8.71. The summed E-state index contributed by atoms with van der Waals surface area (Å²) in [5.41, 5.74) is 5.98. The number of benzene rings is 1. The van der Waals surface area contributed by atoms with E-state index in [-0.39, 0.29) is 6.10 Å². The van der Waals surface area contributed by atoms with E-state index >= 15 is 0 Å². The van der Waals surface area contributed by atoms with Gasteiger partial charge >= 0.3 is 0 Å². The number of hydrogen-bond donors (Lipinski definition) is 2. The second-order valence-electron chi connectivity index (χ2n) is 6.11. The fourth-order valence-electron chi connectivity index (χ4n) is 3.02. The number of nitrogens with two attached hydrogens (primary N) is 1. The predicted molar refractivity (Wildman–Crippen MR) is 97.8 cm³/mol. The number of rotatable bonds is 8. The third kappa shape index (κ3) is 5.30. The Kier molecular flexibility index (Phi) is 7.18. The van der Waals surface area contributed by atoms with Crippen molar-refractivity contribution >= 4 is 5.96 Å². The third-order valence-corrected chi connectivity index (χ3v) is 4.34. The third-order valence-electron chi connectivity index (χ3n) is 4.34. The molecule has 0 radical (unpaired) electrons. The molecule has 1 aliphatic heterocycles. The standard InChI is InChI=1S/C18H30N4O2/c1-4-22-11-7-8-15(22)13-21-18(19)20-12-14(2)24-17-10-6-5-9-16(17)23-3/h5-6,9-10,14-15H,4,7-8,11-13H2,1-3H3,(H3,19,20,21). The number of likely N-dealkylation sites (tertiary alicyclic amines) is 1. The highest BCUT2D eigenvalue weighted by atomic mass is 16.5. The fraction of sp³-hybridized carbons (Fsp3) is 0.611. The van der Waals surface area contributed by atoms with Gasteiger partial charge in [0.1, 0.15) is 6.10 Å². The zero-order chi connectivity index (χ0) is 17.4. The van der Waals surface area contributed by atoms with E-state index in [9.17, 15) is 0 Å². The van der Waals surface area contributed by atoms with E-state index in [0.29, 0.717) is 18.5 Å². The molecule has 0 amide bonds. The highest BCUT2D eigenvalue weighted by Gasteiger charge is 2.22. The molecule has 2 unspecified atom stereocenters. The molecule has 24 heavy (non-hydrogen) atoms. The predicted octanol–water partition coefficient (Wildman–Crippen LogP) is 1.85. The van der Waals surface area contributed by atoms with Gasteiger partial charge in [-0.15, -0.1) is 0 Å². The summed E-state index contributed by atoms with van der Waals surface area (Å²) >= 11 is 0. The summed E-state index contributed by atoms with van der Waals surface area (Å²) in [6.45, 7) is 7.80. The zero-order valence-electron chi connectivity index (χ0n) is 15.0. The molecule has 1 aromatic rings. The lowest BCUT2D eigenvalue weighted by atomic mass is 10.2. The fourth-order valence-corrected chi connectivity index (χ4v) is 3.02. The Labute approximate surface area is 145 Å². The number of ether oxygens (including phenoxy) is 2. The van der Waals surface area contributed by atoms with Crippen molar-refractivity contribution in [2.75, 3.05) is 33.3 Å². The van der Waals surface area contributed by atoms with E-state index in [0.717, 1.165) is 24.6 Å². The van der Waals surface area contributed by atoms with Crippen LogP contribution in [0.3, 0.4) is 0 Å². The first kappa shape index (κ1) is 18.4. The average Bonchev–Trinajstić information content (AvgIpc) is 3.06. The summed E-state index contributed by atoms with van der Waals surface area (Å²) in [7, 11) is 1.63. The van der Waals surface area contributed by atoms with Crippen LogP contribution in [-0.4, -0.2) is 56.3 Å². The van der Waals surface area contributed by atoms with Gasteiger partial charge in [-0.05, 0) is 45.0 Å². The minimum atomic E-state index is -0.0831. The summed E-state index contributed by atoms with van der Waals surface area (Å²) in [4.78, 5) is 6.87. The van der Waals surface area contributed by atoms with Crippen LogP contribution in [0.1, 0.15) is 26.7 Å². The Morgan fingerprint density at radius 1 is 1.42 bits per heavy atom. The molecule has 0 aliphatic carbocycles. The molecule has 2 atom stereocenters. The first-order valence-electron chi connectivity index (χ1n) is 8.71. The first-order chi connectivity index (χ1) is 11.6. The summed E-state index contributed by atoms with van der Waals surface area (Å²) in [6, 6.07) is 8.16. The van der Waals surface area contributed by atoms with E-state index in [1.54, 1.807) is 7.11 Å². The smallest absolute Gasteiger partial charge is 0.188 e. The number of nitrogens with zero attached hydrogens (tertiary/aromatic N) is 2. The van der Waals surface area contributed by atoms with Gasteiger partial charge in [0.2, 0.25) is 0 Å². The molecular weight excluding hydrogens is 304 g/mol. The number of aliphatic imine (C=N–C) groups is 1. The highest BCUT2D eigenvalue weighted by molar-refractivity contribution is 5.77. The zero-order valence-corrected chi connectivity index (χ0v) is 15.0. The monoisotopic (exact) mass is 334 g/mol. The van der Waals surface area contributed by atoms with Crippen LogP contribution in [0.5, 0.6) is 11.5 Å². The van der Waals surface area contributed by atoms with E-state index in [4.69, 9.17) is 15.2 Å². The highest BCUT2D eigenvalue weighted by Crippen LogP contribution is 2.26. The van der Waals surface area contributed by atoms with Crippen molar-refractivity contribution in [1.29, 1.82) is 0 Å². The Bertz CT molecular complexity index is 536. The van der Waals surface area contributed by atoms with E-state index in [2.05, 4.69) is 22.1 Å². The number of likely N-dealkylation sites (N-methyl/N-ethyl adjacent to an activating group) is 1. The lowest BCUT2D eigenvalue weighted by Gasteiger charge is -2.23. The van der Waals surface area contributed by atoms with Gasteiger partial charge in [0.05, 0.1) is 13.7 Å². The number of para-hydroxylation sites is 2. The Morgan fingerprint density at radius 3 is 2.88 bits per heavy atom. The van der Waals surface area contributed by atoms with Crippen LogP contribution >= 0.6 is 0 Å². The van der Waals surface area contributed by atoms with Crippen molar-refractivity contribution in [3.63, 3.8) is 0 Å². The van der Waals surface area contributed by atoms with Crippen molar-refractivity contribution in [3.8, 4) is 11.5 Å². The quantitative estimate of drug-likeness (QED) is 0.561. The van der Waals surface area contributed by atoms with E-state index < -0.39 is 0 Å². The van der Waals surface area contributed by atoms with Crippen LogP contribution in [0.25, 0.3) is 0 Å². The Hall–Kier alpha value is -1.95. The molecular formula is C18H30N4O2. The molecule has 1 heterocycles. The summed E-state index contributed by atoms with van der Waals surface area (Å²) in [5, 5.41) is 3.24. The van der Waals surface area contributed by atoms with Gasteiger partial charge in [-0.2, -0.15) is 0 Å². The molecule has 1 aromatic carbocycles. The molecule has 6 heteroatoms. The normalized spacial score (nSPS) is 20.0. The lowest BCUT2D eigenvalue weighted by Crippen LogP contribution is -2.43. The average molecular weight is 334 g/mol. The number of nitrogens with one attached hydrogen (secondary N) is 1. The maximum Gasteiger partial charge on any atom is 0.188 e. The number of guanidine groups is 1. The minimum Gasteiger partial charge on any atom is -0.493 e. The molecule has 0 saturated carbocycles. The summed E-state index contributed by atoms with van der Waals surface area (Å²) in [5.74, 6) is 1.92. The maximum absolute atomic E-state index is 5.98. The van der Waals surface area contributed by atoms with Gasteiger partial charge in [0, 0.05) is 12.6 Å². The van der Waals surface area contributed by atoms with E-state index in [1.165, 1.54) is 19.4 Å². The van der Waals surface area contributed by atoms with Crippen molar-refractivity contribution in [3.05, 3.63) is 24.3 Å². The van der Waals surface area contributed by atoms with Gasteiger partial charge in [-0.1, -0.05) is 19.1 Å². The molecule has 6 nitrogen and oxygen atoms in total. The van der Waals surface area contributed by atoms with Crippen LogP contribution < -0.4 is 20.5 Å². The van der Waals surface area contributed by atoms with Crippen LogP contribution in [0.4, 0.5) is 0 Å². The summed E-state index contributed by atoms with van der Waals surface area (Å²) < 4.78 is 11.2. The molecule has 0 aromatic heterocycles. The molecule has 1 aliphatic rings. The lowest BCUT2D eigenvalue weighted by molar-refractivity contribution is 0.219. The molecule has 1 fully saturated rings. The largest absolute Gasteiger partial charge is 0.493 e. The molecule has 2 rings (SSSR count). The van der Waals surface area contributed by atoms with Crippen molar-refractivity contribution in [1.82, 2.24) is 10.2 Å². The van der Waals surface area contributed by atoms with Crippen LogP contribution in [0, 0.1) is 0 Å². The Morgan fingerprint density at radius 2 is 2.17 bits per heavy atom. The van der Waals surface area contributed by atoms with Crippen molar-refractivity contribution in [2.24, 2.45) is 10.7 Å². The second kappa shape index (κ2) is 9.37. The van der Waals surface area contributed by atoms with Crippen LogP contribution in [0.2, 0.25) is 0 Å². The number of methoxy groups -OCH3 is 1. The molecule has 3 N–H and O–H groups in total. The Balaban J connectivity index is 1.77. The SMILES string of the molecule is CCN1CCCC1CNC(N)=NCC(C)Oc1ccccc1OC. The van der Waals surface area contributed by atoms with Gasteiger partial charge in [0.25, 0.3) is 0 Å². The van der Waals surface area contributed by atoms with Crippen LogP contribution in [-0.2, 0) is 0 Å². The van der Waals surface area contributed by atoms with Gasteiger partial charge in [-0.25, -0.2) is 4.99 Å². The summed E-state index contributed by atoms with van der Waals surface area (Å²) in [6.07, 6.45) is 2.41. The van der Waals surface area contributed by atoms with Gasteiger partial charge in [-0.3, -0.25) is 4.90 Å². The van der Waals surface area contributed by atoms with Gasteiger partial charge in [0.15, 0.2) is 17.5 Å². The molecule has 0 spiro atoms. The number of hydrogen-bond acceptors (Lipinski definition) is 4. The molecule has 134 valence electrons. The second-order valence-corrected chi connectivity index (χ2v) is 6.11. The van der Waals surface area contributed by atoms with Crippen LogP contribution in [0.15, 0.2) is 29.3 Å². The van der Waals surface area contributed by atoms with Gasteiger partial charge < -0.3 is 20.5 Å². The topological polar surface area (TPSA) is 72.1 Å². The maximum atomic E-state index is 5.98. The van der Waals surface area contributed by atoms with Crippen molar-refractivity contribution in [2.45, 2.75) is 38.8 Å².